The predicted molar refractivity (Wildman–Crippen MR) is 104 cm³/mol. The highest BCUT2D eigenvalue weighted by Gasteiger charge is 2.17. The van der Waals surface area contributed by atoms with Crippen molar-refractivity contribution >= 4 is 21.8 Å². The largest absolute Gasteiger partial charge is 0.488 e. The van der Waals surface area contributed by atoms with Gasteiger partial charge in [0, 0.05) is 36.9 Å². The Hall–Kier alpha value is -2.60. The molecule has 3 aromatic rings. The van der Waals surface area contributed by atoms with Gasteiger partial charge in [0.05, 0.1) is 11.8 Å². The second-order valence-corrected chi connectivity index (χ2v) is 7.01. The molecule has 5 nitrogen and oxygen atoms in total. The van der Waals surface area contributed by atoms with E-state index >= 15 is 0 Å². The van der Waals surface area contributed by atoms with Crippen molar-refractivity contribution in [2.24, 2.45) is 7.05 Å². The molecular weight excluding hydrogens is 394 g/mol. The van der Waals surface area contributed by atoms with E-state index in [1.54, 1.807) is 28.9 Å². The number of benzene rings is 2. The minimum atomic E-state index is -0.0845. The standard InChI is InChI=1S/C20H20BrN3O2/c1-23(12-16-11-22-24(2)13-16)20(25)18-8-3-4-9-19(18)26-14-15-6-5-7-17(21)10-15/h3-11,13H,12,14H2,1-2H3. The number of hydrogen-bond donors (Lipinski definition) is 0. The van der Waals surface area contributed by atoms with Gasteiger partial charge >= 0.3 is 0 Å². The SMILES string of the molecule is CN(Cc1cnn(C)c1)C(=O)c1ccccc1OCc1cccc(Br)c1. The van der Waals surface area contributed by atoms with E-state index in [0.717, 1.165) is 15.6 Å². The number of hydrogen-bond acceptors (Lipinski definition) is 3. The van der Waals surface area contributed by atoms with Crippen molar-refractivity contribution in [1.29, 1.82) is 0 Å². The van der Waals surface area contributed by atoms with Crippen LogP contribution in [0.15, 0.2) is 65.4 Å². The number of ether oxygens (including phenoxy) is 1. The predicted octanol–water partition coefficient (Wildman–Crippen LogP) is 4.03. The third kappa shape index (κ3) is 4.52. The molecule has 0 radical (unpaired) electrons. The summed E-state index contributed by atoms with van der Waals surface area (Å²) in [7, 11) is 3.64. The van der Waals surface area contributed by atoms with E-state index in [9.17, 15) is 4.79 Å². The van der Waals surface area contributed by atoms with Gasteiger partial charge in [-0.3, -0.25) is 9.48 Å². The van der Waals surface area contributed by atoms with Gasteiger partial charge in [0.1, 0.15) is 12.4 Å². The maximum atomic E-state index is 12.9. The lowest BCUT2D eigenvalue weighted by molar-refractivity contribution is 0.0780. The highest BCUT2D eigenvalue weighted by molar-refractivity contribution is 9.10. The molecule has 0 saturated carbocycles. The number of carbonyl (C=O) groups excluding carboxylic acids is 1. The zero-order valence-electron chi connectivity index (χ0n) is 14.7. The Bertz CT molecular complexity index is 907. The van der Waals surface area contributed by atoms with Crippen LogP contribution in [0.4, 0.5) is 0 Å². The summed E-state index contributed by atoms with van der Waals surface area (Å²) in [6, 6.07) is 15.2. The molecule has 0 spiro atoms. The van der Waals surface area contributed by atoms with Gasteiger partial charge in [-0.1, -0.05) is 40.2 Å². The fourth-order valence-corrected chi connectivity index (χ4v) is 3.11. The molecule has 0 atom stereocenters. The molecule has 0 saturated heterocycles. The Morgan fingerprint density at radius 1 is 1.19 bits per heavy atom. The maximum Gasteiger partial charge on any atom is 0.257 e. The summed E-state index contributed by atoms with van der Waals surface area (Å²) in [5, 5.41) is 4.14. The summed E-state index contributed by atoms with van der Waals surface area (Å²) >= 11 is 3.46. The molecule has 1 amide bonds. The van der Waals surface area contributed by atoms with Crippen LogP contribution in [-0.2, 0) is 20.2 Å². The summed E-state index contributed by atoms with van der Waals surface area (Å²) in [5.74, 6) is 0.495. The third-order valence-electron chi connectivity index (χ3n) is 3.93. The molecule has 0 bridgehead atoms. The van der Waals surface area contributed by atoms with Gasteiger partial charge in [-0.2, -0.15) is 5.10 Å². The number of aromatic nitrogens is 2. The fraction of sp³-hybridized carbons (Fsp3) is 0.200. The molecule has 26 heavy (non-hydrogen) atoms. The average molecular weight is 414 g/mol. The van der Waals surface area contributed by atoms with Crippen molar-refractivity contribution in [3.05, 3.63) is 82.1 Å². The van der Waals surface area contributed by atoms with E-state index in [0.29, 0.717) is 24.5 Å². The zero-order valence-corrected chi connectivity index (χ0v) is 16.3. The average Bonchev–Trinajstić information content (AvgIpc) is 3.04. The molecular formula is C20H20BrN3O2. The van der Waals surface area contributed by atoms with Crippen LogP contribution in [0.25, 0.3) is 0 Å². The van der Waals surface area contributed by atoms with Crippen LogP contribution < -0.4 is 4.74 Å². The van der Waals surface area contributed by atoms with Gasteiger partial charge in [-0.15, -0.1) is 0 Å². The van der Waals surface area contributed by atoms with Crippen molar-refractivity contribution in [2.75, 3.05) is 7.05 Å². The van der Waals surface area contributed by atoms with Crippen molar-refractivity contribution in [1.82, 2.24) is 14.7 Å². The minimum Gasteiger partial charge on any atom is -0.488 e. The molecule has 0 unspecified atom stereocenters. The monoisotopic (exact) mass is 413 g/mol. The van der Waals surface area contributed by atoms with E-state index < -0.39 is 0 Å². The van der Waals surface area contributed by atoms with E-state index in [1.165, 1.54) is 0 Å². The van der Waals surface area contributed by atoms with E-state index in [1.807, 2.05) is 55.7 Å². The Morgan fingerprint density at radius 3 is 2.73 bits per heavy atom. The summed E-state index contributed by atoms with van der Waals surface area (Å²) < 4.78 is 8.64. The van der Waals surface area contributed by atoms with Gasteiger partial charge in [0.2, 0.25) is 0 Å². The van der Waals surface area contributed by atoms with E-state index in [-0.39, 0.29) is 5.91 Å². The molecule has 134 valence electrons. The molecule has 0 N–H and O–H groups in total. The molecule has 6 heteroatoms. The van der Waals surface area contributed by atoms with Gasteiger partial charge in [-0.25, -0.2) is 0 Å². The lowest BCUT2D eigenvalue weighted by atomic mass is 10.1. The number of halogens is 1. The van der Waals surface area contributed by atoms with Gasteiger partial charge in [-0.05, 0) is 29.8 Å². The lowest BCUT2D eigenvalue weighted by Crippen LogP contribution is -2.26. The lowest BCUT2D eigenvalue weighted by Gasteiger charge is -2.18. The third-order valence-corrected chi connectivity index (χ3v) is 4.42. The summed E-state index contributed by atoms with van der Waals surface area (Å²) in [6.07, 6.45) is 3.67. The normalized spacial score (nSPS) is 10.6. The Labute approximate surface area is 161 Å². The van der Waals surface area contributed by atoms with Gasteiger partial charge in [0.25, 0.3) is 5.91 Å². The molecule has 1 aromatic heterocycles. The van der Waals surface area contributed by atoms with Crippen LogP contribution in [0.1, 0.15) is 21.5 Å². The second-order valence-electron chi connectivity index (χ2n) is 6.10. The Kier molecular flexibility index (Phi) is 5.73. The van der Waals surface area contributed by atoms with Crippen LogP contribution >= 0.6 is 15.9 Å². The number of aryl methyl sites for hydroxylation is 1. The van der Waals surface area contributed by atoms with Crippen molar-refractivity contribution in [2.45, 2.75) is 13.2 Å². The number of amides is 1. The molecule has 1 heterocycles. The number of carbonyl (C=O) groups is 1. The first-order valence-electron chi connectivity index (χ1n) is 8.22. The second kappa shape index (κ2) is 8.19. The quantitative estimate of drug-likeness (QED) is 0.612. The van der Waals surface area contributed by atoms with Crippen LogP contribution in [-0.4, -0.2) is 27.6 Å². The fourth-order valence-electron chi connectivity index (χ4n) is 2.66. The van der Waals surface area contributed by atoms with Crippen molar-refractivity contribution < 1.29 is 9.53 Å². The molecule has 0 aliphatic heterocycles. The molecule has 0 aliphatic carbocycles. The van der Waals surface area contributed by atoms with E-state index in [2.05, 4.69) is 21.0 Å². The summed E-state index contributed by atoms with van der Waals surface area (Å²) in [6.45, 7) is 0.892. The molecule has 0 aliphatic rings. The van der Waals surface area contributed by atoms with Crippen LogP contribution in [0.3, 0.4) is 0 Å². The summed E-state index contributed by atoms with van der Waals surface area (Å²) in [4.78, 5) is 14.5. The highest BCUT2D eigenvalue weighted by atomic mass is 79.9. The van der Waals surface area contributed by atoms with Crippen LogP contribution in [0.5, 0.6) is 5.75 Å². The molecule has 2 aromatic carbocycles. The zero-order chi connectivity index (χ0) is 18.5. The number of para-hydroxylation sites is 1. The first-order chi connectivity index (χ1) is 12.5. The minimum absolute atomic E-state index is 0.0845. The first kappa shape index (κ1) is 18.2. The van der Waals surface area contributed by atoms with Gasteiger partial charge < -0.3 is 9.64 Å². The van der Waals surface area contributed by atoms with Crippen molar-refractivity contribution in [3.63, 3.8) is 0 Å². The maximum absolute atomic E-state index is 12.9. The Balaban J connectivity index is 1.72. The van der Waals surface area contributed by atoms with Crippen molar-refractivity contribution in [3.8, 4) is 5.75 Å². The van der Waals surface area contributed by atoms with Gasteiger partial charge in [0.15, 0.2) is 0 Å². The number of nitrogens with zero attached hydrogens (tertiary/aromatic N) is 3. The van der Waals surface area contributed by atoms with E-state index in [4.69, 9.17) is 4.74 Å². The Morgan fingerprint density at radius 2 is 2.00 bits per heavy atom. The molecule has 0 fully saturated rings. The summed E-state index contributed by atoms with van der Waals surface area (Å²) in [5.41, 5.74) is 2.56. The first-order valence-corrected chi connectivity index (χ1v) is 9.01. The van der Waals surface area contributed by atoms with Crippen LogP contribution in [0.2, 0.25) is 0 Å². The highest BCUT2D eigenvalue weighted by Crippen LogP contribution is 2.22. The number of rotatable bonds is 6. The molecule has 3 rings (SSSR count). The topological polar surface area (TPSA) is 47.4 Å². The smallest absolute Gasteiger partial charge is 0.257 e. The van der Waals surface area contributed by atoms with Crippen LogP contribution in [0, 0.1) is 0 Å².